The molecule has 1 aliphatic rings. The van der Waals surface area contributed by atoms with E-state index < -0.39 is 0 Å². The van der Waals surface area contributed by atoms with Crippen molar-refractivity contribution >= 4 is 40.3 Å². The molecular formula is C14H15NOS2. The molecule has 1 fully saturated rings. The predicted molar refractivity (Wildman–Crippen MR) is 81.6 cm³/mol. The Morgan fingerprint density at radius 3 is 2.22 bits per heavy atom. The molecule has 1 aromatic rings. The van der Waals surface area contributed by atoms with Gasteiger partial charge < -0.3 is 0 Å². The minimum Gasteiger partial charge on any atom is -0.296 e. The van der Waals surface area contributed by atoms with Crippen LogP contribution in [0.25, 0.3) is 6.08 Å². The van der Waals surface area contributed by atoms with E-state index in [-0.39, 0.29) is 5.91 Å². The number of benzene rings is 1. The second-order valence-electron chi connectivity index (χ2n) is 4.55. The maximum absolute atomic E-state index is 12.0. The van der Waals surface area contributed by atoms with E-state index in [1.54, 1.807) is 7.05 Å². The van der Waals surface area contributed by atoms with Crippen molar-refractivity contribution in [3.63, 3.8) is 0 Å². The molecule has 1 aromatic carbocycles. The number of thiocarbonyl (C=S) groups is 1. The summed E-state index contributed by atoms with van der Waals surface area (Å²) < 4.78 is 0.619. The molecular weight excluding hydrogens is 262 g/mol. The topological polar surface area (TPSA) is 20.3 Å². The van der Waals surface area contributed by atoms with Crippen LogP contribution in [-0.2, 0) is 4.79 Å². The molecule has 0 bridgehead atoms. The number of carbonyl (C=O) groups excluding carboxylic acids is 1. The van der Waals surface area contributed by atoms with Crippen molar-refractivity contribution in [3.05, 3.63) is 39.3 Å². The molecule has 1 heterocycles. The van der Waals surface area contributed by atoms with Gasteiger partial charge in [0.15, 0.2) is 0 Å². The SMILES string of the molecule is Cc1cc(C)c(C=C2SC(=S)N(C)C2=O)c(C)c1. The van der Waals surface area contributed by atoms with Gasteiger partial charge >= 0.3 is 0 Å². The molecule has 0 radical (unpaired) electrons. The van der Waals surface area contributed by atoms with Gasteiger partial charge in [0, 0.05) is 7.05 Å². The lowest BCUT2D eigenvalue weighted by Gasteiger charge is -2.08. The summed E-state index contributed by atoms with van der Waals surface area (Å²) in [6, 6.07) is 4.26. The van der Waals surface area contributed by atoms with E-state index in [2.05, 4.69) is 32.9 Å². The molecule has 2 nitrogen and oxygen atoms in total. The van der Waals surface area contributed by atoms with E-state index >= 15 is 0 Å². The zero-order chi connectivity index (χ0) is 13.4. The standard InChI is InChI=1S/C14H15NOS2/c1-8-5-9(2)11(10(3)6-8)7-12-13(16)15(4)14(17)18-12/h5-7H,1-4H3. The lowest BCUT2D eigenvalue weighted by Crippen LogP contribution is -2.22. The highest BCUT2D eigenvalue weighted by Gasteiger charge is 2.28. The average molecular weight is 277 g/mol. The van der Waals surface area contributed by atoms with E-state index in [0.717, 1.165) is 5.56 Å². The third-order valence-electron chi connectivity index (χ3n) is 3.00. The molecule has 0 unspecified atom stereocenters. The molecule has 0 spiro atoms. The van der Waals surface area contributed by atoms with Crippen LogP contribution in [0.15, 0.2) is 17.0 Å². The molecule has 0 aliphatic carbocycles. The van der Waals surface area contributed by atoms with Crippen molar-refractivity contribution in [2.24, 2.45) is 0 Å². The van der Waals surface area contributed by atoms with Crippen molar-refractivity contribution < 1.29 is 4.79 Å². The van der Waals surface area contributed by atoms with E-state index in [1.165, 1.54) is 33.4 Å². The number of hydrogen-bond donors (Lipinski definition) is 0. The van der Waals surface area contributed by atoms with Crippen LogP contribution in [0.5, 0.6) is 0 Å². The maximum atomic E-state index is 12.0. The summed E-state index contributed by atoms with van der Waals surface area (Å²) in [7, 11) is 1.72. The fourth-order valence-corrected chi connectivity index (χ4v) is 3.26. The predicted octanol–water partition coefficient (Wildman–Crippen LogP) is 3.44. The van der Waals surface area contributed by atoms with Crippen molar-refractivity contribution in [3.8, 4) is 0 Å². The number of rotatable bonds is 1. The lowest BCUT2D eigenvalue weighted by molar-refractivity contribution is -0.121. The number of thioether (sulfide) groups is 1. The minimum atomic E-state index is -0.00984. The monoisotopic (exact) mass is 277 g/mol. The molecule has 94 valence electrons. The van der Waals surface area contributed by atoms with Gasteiger partial charge in [-0.15, -0.1) is 0 Å². The molecule has 1 aliphatic heterocycles. The third-order valence-corrected chi connectivity index (χ3v) is 4.48. The fourth-order valence-electron chi connectivity index (χ4n) is 2.10. The number of hydrogen-bond acceptors (Lipinski definition) is 3. The third kappa shape index (κ3) is 2.35. The van der Waals surface area contributed by atoms with Crippen LogP contribution >= 0.6 is 24.0 Å². The van der Waals surface area contributed by atoms with Crippen molar-refractivity contribution in [2.45, 2.75) is 20.8 Å². The highest BCUT2D eigenvalue weighted by atomic mass is 32.2. The normalized spacial score (nSPS) is 18.0. The van der Waals surface area contributed by atoms with Crippen LogP contribution in [0.1, 0.15) is 22.3 Å². The Bertz CT molecular complexity index is 552. The van der Waals surface area contributed by atoms with Crippen LogP contribution in [0.3, 0.4) is 0 Å². The number of likely N-dealkylation sites (N-methyl/N-ethyl adjacent to an activating group) is 1. The van der Waals surface area contributed by atoms with Crippen LogP contribution in [0.4, 0.5) is 0 Å². The first-order chi connectivity index (χ1) is 8.40. The summed E-state index contributed by atoms with van der Waals surface area (Å²) in [6.45, 7) is 6.21. The number of carbonyl (C=O) groups is 1. The first kappa shape index (κ1) is 13.3. The Hall–Kier alpha value is -1.13. The Balaban J connectivity index is 2.47. The van der Waals surface area contributed by atoms with Gasteiger partial charge in [-0.2, -0.15) is 0 Å². The number of amides is 1. The summed E-state index contributed by atoms with van der Waals surface area (Å²) in [4.78, 5) is 14.2. The number of nitrogens with zero attached hydrogens (tertiary/aromatic N) is 1. The fraction of sp³-hybridized carbons (Fsp3) is 0.286. The van der Waals surface area contributed by atoms with Crippen molar-refractivity contribution in [1.29, 1.82) is 0 Å². The van der Waals surface area contributed by atoms with E-state index in [4.69, 9.17) is 12.2 Å². The summed E-state index contributed by atoms with van der Waals surface area (Å²) >= 11 is 6.49. The summed E-state index contributed by atoms with van der Waals surface area (Å²) in [5, 5.41) is 0. The quantitative estimate of drug-likeness (QED) is 0.579. The molecule has 0 saturated carbocycles. The van der Waals surface area contributed by atoms with Gasteiger partial charge in [0.2, 0.25) is 0 Å². The highest BCUT2D eigenvalue weighted by Crippen LogP contribution is 2.32. The average Bonchev–Trinajstić information content (AvgIpc) is 2.51. The van der Waals surface area contributed by atoms with Gasteiger partial charge in [0.1, 0.15) is 4.32 Å². The van der Waals surface area contributed by atoms with E-state index in [0.29, 0.717) is 9.23 Å². The van der Waals surface area contributed by atoms with Gasteiger partial charge in [0.05, 0.1) is 4.91 Å². The van der Waals surface area contributed by atoms with Crippen molar-refractivity contribution in [2.75, 3.05) is 7.05 Å². The lowest BCUT2D eigenvalue weighted by atomic mass is 9.99. The summed E-state index contributed by atoms with van der Waals surface area (Å²) in [5.74, 6) is -0.00984. The van der Waals surface area contributed by atoms with Crippen LogP contribution < -0.4 is 0 Å². The van der Waals surface area contributed by atoms with Gasteiger partial charge in [-0.05, 0) is 43.5 Å². The minimum absolute atomic E-state index is 0.00984. The Labute approximate surface area is 117 Å². The second kappa shape index (κ2) is 4.86. The Kier molecular flexibility index (Phi) is 3.59. The zero-order valence-corrected chi connectivity index (χ0v) is 12.5. The zero-order valence-electron chi connectivity index (χ0n) is 10.9. The largest absolute Gasteiger partial charge is 0.296 e. The summed E-state index contributed by atoms with van der Waals surface area (Å²) in [5.41, 5.74) is 4.74. The molecule has 2 rings (SSSR count). The van der Waals surface area contributed by atoms with Gasteiger partial charge in [-0.25, -0.2) is 0 Å². The Morgan fingerprint density at radius 2 is 1.78 bits per heavy atom. The highest BCUT2D eigenvalue weighted by molar-refractivity contribution is 8.26. The molecule has 0 N–H and O–H groups in total. The van der Waals surface area contributed by atoms with Crippen LogP contribution in [0, 0.1) is 20.8 Å². The maximum Gasteiger partial charge on any atom is 0.265 e. The second-order valence-corrected chi connectivity index (χ2v) is 6.23. The molecule has 0 aromatic heterocycles. The molecule has 1 saturated heterocycles. The molecule has 1 amide bonds. The number of aryl methyl sites for hydroxylation is 3. The van der Waals surface area contributed by atoms with Gasteiger partial charge in [-0.1, -0.05) is 41.7 Å². The van der Waals surface area contributed by atoms with Crippen molar-refractivity contribution in [1.82, 2.24) is 4.90 Å². The van der Waals surface area contributed by atoms with Crippen LogP contribution in [0.2, 0.25) is 0 Å². The first-order valence-corrected chi connectivity index (χ1v) is 6.92. The first-order valence-electron chi connectivity index (χ1n) is 5.69. The van der Waals surface area contributed by atoms with E-state index in [9.17, 15) is 4.79 Å². The van der Waals surface area contributed by atoms with Gasteiger partial charge in [-0.3, -0.25) is 9.69 Å². The molecule has 4 heteroatoms. The van der Waals surface area contributed by atoms with Crippen LogP contribution in [-0.4, -0.2) is 22.2 Å². The van der Waals surface area contributed by atoms with E-state index in [1.807, 2.05) is 6.08 Å². The molecule has 0 atom stereocenters. The smallest absolute Gasteiger partial charge is 0.265 e. The molecule has 18 heavy (non-hydrogen) atoms. The van der Waals surface area contributed by atoms with Gasteiger partial charge in [0.25, 0.3) is 5.91 Å². The Morgan fingerprint density at radius 1 is 1.22 bits per heavy atom. The summed E-state index contributed by atoms with van der Waals surface area (Å²) in [6.07, 6.45) is 1.95.